The van der Waals surface area contributed by atoms with E-state index in [9.17, 15) is 0 Å². The zero-order valence-electron chi connectivity index (χ0n) is 14.4. The first-order chi connectivity index (χ1) is 11.2. The van der Waals surface area contributed by atoms with Crippen molar-refractivity contribution in [2.45, 2.75) is 64.6 Å². The van der Waals surface area contributed by atoms with Crippen molar-refractivity contribution in [1.82, 2.24) is 4.90 Å². The van der Waals surface area contributed by atoms with Gasteiger partial charge in [-0.1, -0.05) is 0 Å². The second-order valence-electron chi connectivity index (χ2n) is 6.77. The van der Waals surface area contributed by atoms with Crippen LogP contribution in [0.3, 0.4) is 0 Å². The number of aliphatic hydroxyl groups excluding tert-OH is 1. The maximum absolute atomic E-state index is 9.09. The van der Waals surface area contributed by atoms with E-state index in [1.807, 2.05) is 6.92 Å². The monoisotopic (exact) mass is 319 g/mol. The normalized spacial score (nSPS) is 23.8. The van der Waals surface area contributed by atoms with Crippen molar-refractivity contribution in [3.63, 3.8) is 0 Å². The minimum Gasteiger partial charge on any atom is -0.494 e. The fourth-order valence-electron chi connectivity index (χ4n) is 3.87. The molecule has 1 N–H and O–H groups in total. The van der Waals surface area contributed by atoms with E-state index in [-0.39, 0.29) is 6.10 Å². The third-order valence-corrected chi connectivity index (χ3v) is 4.95. The lowest BCUT2D eigenvalue weighted by Crippen LogP contribution is -2.29. The predicted octanol–water partition coefficient (Wildman–Crippen LogP) is 3.15. The van der Waals surface area contributed by atoms with Crippen molar-refractivity contribution >= 4 is 0 Å². The third-order valence-electron chi connectivity index (χ3n) is 4.95. The molecule has 0 aromatic heterocycles. The summed E-state index contributed by atoms with van der Waals surface area (Å²) in [5.74, 6) is 2.04. The van der Waals surface area contributed by atoms with Crippen LogP contribution < -0.4 is 9.47 Å². The Bertz CT molecular complexity index is 532. The topological polar surface area (TPSA) is 41.9 Å². The van der Waals surface area contributed by atoms with Crippen LogP contribution in [0.2, 0.25) is 0 Å². The van der Waals surface area contributed by atoms with E-state index >= 15 is 0 Å². The highest BCUT2D eigenvalue weighted by molar-refractivity contribution is 5.48. The minimum atomic E-state index is 0.263. The highest BCUT2D eigenvalue weighted by atomic mass is 16.5. The van der Waals surface area contributed by atoms with Crippen molar-refractivity contribution in [1.29, 1.82) is 0 Å². The van der Waals surface area contributed by atoms with Crippen LogP contribution in [0, 0.1) is 0 Å². The standard InChI is InChI=1S/C19H29NO3/c1-3-22-18-11-15-10-14(2)23-19(15)12-16(18)13-20-8-4-6-17(20)7-5-9-21/h11-12,14,17,21H,3-10,13H2,1-2H3. The van der Waals surface area contributed by atoms with E-state index in [2.05, 4.69) is 24.0 Å². The summed E-state index contributed by atoms with van der Waals surface area (Å²) in [4.78, 5) is 2.54. The molecule has 4 nitrogen and oxygen atoms in total. The van der Waals surface area contributed by atoms with Gasteiger partial charge in [0.15, 0.2) is 0 Å². The summed E-state index contributed by atoms with van der Waals surface area (Å²) in [7, 11) is 0. The van der Waals surface area contributed by atoms with Gasteiger partial charge in [0.1, 0.15) is 17.6 Å². The molecule has 2 unspecified atom stereocenters. The summed E-state index contributed by atoms with van der Waals surface area (Å²) in [5.41, 5.74) is 2.50. The Labute approximate surface area is 139 Å². The van der Waals surface area contributed by atoms with Crippen molar-refractivity contribution in [2.75, 3.05) is 19.8 Å². The number of nitrogens with zero attached hydrogens (tertiary/aromatic N) is 1. The second-order valence-corrected chi connectivity index (χ2v) is 6.77. The lowest BCUT2D eigenvalue weighted by atomic mass is 10.0. The Morgan fingerprint density at radius 1 is 1.39 bits per heavy atom. The van der Waals surface area contributed by atoms with E-state index in [1.165, 1.54) is 24.0 Å². The molecule has 4 heteroatoms. The molecule has 1 aromatic carbocycles. The van der Waals surface area contributed by atoms with E-state index < -0.39 is 0 Å². The van der Waals surface area contributed by atoms with Gasteiger partial charge in [0, 0.05) is 36.7 Å². The molecule has 128 valence electrons. The molecule has 0 radical (unpaired) electrons. The Kier molecular flexibility index (Phi) is 5.44. The van der Waals surface area contributed by atoms with E-state index in [0.29, 0.717) is 19.3 Å². The lowest BCUT2D eigenvalue weighted by Gasteiger charge is -2.25. The van der Waals surface area contributed by atoms with Crippen molar-refractivity contribution in [3.05, 3.63) is 23.3 Å². The minimum absolute atomic E-state index is 0.263. The molecule has 0 spiro atoms. The molecular weight excluding hydrogens is 290 g/mol. The van der Waals surface area contributed by atoms with Crippen molar-refractivity contribution in [2.24, 2.45) is 0 Å². The molecule has 0 saturated carbocycles. The van der Waals surface area contributed by atoms with Gasteiger partial charge in [-0.3, -0.25) is 4.90 Å². The highest BCUT2D eigenvalue weighted by Gasteiger charge is 2.27. The Morgan fingerprint density at radius 2 is 2.26 bits per heavy atom. The second kappa shape index (κ2) is 7.54. The van der Waals surface area contributed by atoms with Crippen molar-refractivity contribution in [3.8, 4) is 11.5 Å². The van der Waals surface area contributed by atoms with Crippen LogP contribution in [0.25, 0.3) is 0 Å². The van der Waals surface area contributed by atoms with E-state index in [4.69, 9.17) is 14.6 Å². The number of rotatable bonds is 7. The van der Waals surface area contributed by atoms with Gasteiger partial charge < -0.3 is 14.6 Å². The first kappa shape index (κ1) is 16.6. The fraction of sp³-hybridized carbons (Fsp3) is 0.684. The SMILES string of the molecule is CCOc1cc2c(cc1CN1CCCC1CCCO)OC(C)C2. The molecule has 23 heavy (non-hydrogen) atoms. The van der Waals surface area contributed by atoms with Gasteiger partial charge in [-0.25, -0.2) is 0 Å². The fourth-order valence-corrected chi connectivity index (χ4v) is 3.87. The zero-order chi connectivity index (χ0) is 16.2. The summed E-state index contributed by atoms with van der Waals surface area (Å²) in [5, 5.41) is 9.09. The predicted molar refractivity (Wildman–Crippen MR) is 91.2 cm³/mol. The van der Waals surface area contributed by atoms with Crippen LogP contribution in [-0.2, 0) is 13.0 Å². The number of aliphatic hydroxyl groups is 1. The molecule has 0 amide bonds. The quantitative estimate of drug-likeness (QED) is 0.838. The van der Waals surface area contributed by atoms with Crippen LogP contribution in [0.1, 0.15) is 50.7 Å². The average molecular weight is 319 g/mol. The molecule has 3 rings (SSSR count). The summed E-state index contributed by atoms with van der Waals surface area (Å²) in [6.45, 7) is 7.18. The first-order valence-electron chi connectivity index (χ1n) is 9.01. The van der Waals surface area contributed by atoms with E-state index in [0.717, 1.165) is 43.9 Å². The smallest absolute Gasteiger partial charge is 0.124 e. The zero-order valence-corrected chi connectivity index (χ0v) is 14.4. The maximum Gasteiger partial charge on any atom is 0.124 e. The van der Waals surface area contributed by atoms with Gasteiger partial charge in [0.25, 0.3) is 0 Å². The first-order valence-corrected chi connectivity index (χ1v) is 9.01. The average Bonchev–Trinajstić information content (AvgIpc) is 3.11. The summed E-state index contributed by atoms with van der Waals surface area (Å²) in [6.07, 6.45) is 5.70. The number of ether oxygens (including phenoxy) is 2. The number of hydrogen-bond acceptors (Lipinski definition) is 4. The lowest BCUT2D eigenvalue weighted by molar-refractivity contribution is 0.206. The highest BCUT2D eigenvalue weighted by Crippen LogP contribution is 2.36. The Morgan fingerprint density at radius 3 is 3.04 bits per heavy atom. The Balaban J connectivity index is 1.77. The number of likely N-dealkylation sites (tertiary alicyclic amines) is 1. The molecule has 2 aliphatic rings. The number of benzene rings is 1. The molecule has 0 bridgehead atoms. The third kappa shape index (κ3) is 3.81. The maximum atomic E-state index is 9.09. The van der Waals surface area contributed by atoms with E-state index in [1.54, 1.807) is 0 Å². The molecule has 1 fully saturated rings. The molecule has 1 aromatic rings. The van der Waals surface area contributed by atoms with Crippen LogP contribution in [0.4, 0.5) is 0 Å². The van der Waals surface area contributed by atoms with Gasteiger partial charge in [0.05, 0.1) is 6.61 Å². The number of fused-ring (bicyclic) bond motifs is 1. The summed E-state index contributed by atoms with van der Waals surface area (Å²) in [6, 6.07) is 4.95. The number of hydrogen-bond donors (Lipinski definition) is 1. The molecule has 2 aliphatic heterocycles. The van der Waals surface area contributed by atoms with Crippen LogP contribution in [-0.4, -0.2) is 41.9 Å². The molecule has 2 heterocycles. The largest absolute Gasteiger partial charge is 0.494 e. The summed E-state index contributed by atoms with van der Waals surface area (Å²) < 4.78 is 11.8. The van der Waals surface area contributed by atoms with Crippen LogP contribution >= 0.6 is 0 Å². The van der Waals surface area contributed by atoms with Crippen molar-refractivity contribution < 1.29 is 14.6 Å². The van der Waals surface area contributed by atoms with Gasteiger partial charge >= 0.3 is 0 Å². The van der Waals surface area contributed by atoms with Gasteiger partial charge in [-0.05, 0) is 58.2 Å². The Hall–Kier alpha value is -1.26. The molecule has 2 atom stereocenters. The van der Waals surface area contributed by atoms with Crippen LogP contribution in [0.5, 0.6) is 11.5 Å². The van der Waals surface area contributed by atoms with Gasteiger partial charge in [0.2, 0.25) is 0 Å². The van der Waals surface area contributed by atoms with Gasteiger partial charge in [-0.2, -0.15) is 0 Å². The molecular formula is C19H29NO3. The molecule has 0 aliphatic carbocycles. The van der Waals surface area contributed by atoms with Crippen LogP contribution in [0.15, 0.2) is 12.1 Å². The molecule has 1 saturated heterocycles. The summed E-state index contributed by atoms with van der Waals surface area (Å²) >= 11 is 0. The van der Waals surface area contributed by atoms with Gasteiger partial charge in [-0.15, -0.1) is 0 Å².